The van der Waals surface area contributed by atoms with Crippen molar-refractivity contribution in [3.63, 3.8) is 0 Å². The zero-order chi connectivity index (χ0) is 22.7. The predicted octanol–water partition coefficient (Wildman–Crippen LogP) is 7.56. The largest absolute Gasteiger partial charge is 0.437 e. The molecule has 0 aliphatic rings. The molecule has 0 N–H and O–H groups in total. The van der Waals surface area contributed by atoms with E-state index >= 15 is 0 Å². The molecule has 0 saturated heterocycles. The van der Waals surface area contributed by atoms with Crippen molar-refractivity contribution in [2.24, 2.45) is 5.92 Å². The van der Waals surface area contributed by atoms with E-state index in [1.807, 2.05) is 19.9 Å². The van der Waals surface area contributed by atoms with Crippen LogP contribution in [-0.2, 0) is 6.42 Å². The SMILES string of the molecule is Cc1ccc2c(n1)oc1c(-c3nc(C)nc4c3ccc3cccc(CC(C)C)c34)cccc12. The molecule has 4 heteroatoms. The van der Waals surface area contributed by atoms with E-state index in [1.165, 1.54) is 16.3 Å². The molecule has 4 nitrogen and oxygen atoms in total. The van der Waals surface area contributed by atoms with Gasteiger partial charge >= 0.3 is 0 Å². The van der Waals surface area contributed by atoms with Crippen LogP contribution in [0.3, 0.4) is 0 Å². The van der Waals surface area contributed by atoms with Crippen molar-refractivity contribution in [1.29, 1.82) is 0 Å². The molecule has 0 aliphatic heterocycles. The first kappa shape index (κ1) is 19.9. The zero-order valence-corrected chi connectivity index (χ0v) is 19.3. The Bertz CT molecular complexity index is 1690. The van der Waals surface area contributed by atoms with Crippen LogP contribution in [0, 0.1) is 19.8 Å². The second-order valence-electron chi connectivity index (χ2n) is 9.28. The molecule has 0 fully saturated rings. The number of pyridine rings is 1. The van der Waals surface area contributed by atoms with Crippen LogP contribution in [0.25, 0.3) is 55.0 Å². The second kappa shape index (κ2) is 7.38. The summed E-state index contributed by atoms with van der Waals surface area (Å²) in [6, 6.07) is 21.2. The van der Waals surface area contributed by atoms with Gasteiger partial charge in [-0.05, 0) is 61.4 Å². The van der Waals surface area contributed by atoms with E-state index in [9.17, 15) is 0 Å². The van der Waals surface area contributed by atoms with E-state index in [4.69, 9.17) is 14.4 Å². The zero-order valence-electron chi connectivity index (χ0n) is 19.3. The second-order valence-corrected chi connectivity index (χ2v) is 9.28. The molecule has 0 unspecified atom stereocenters. The van der Waals surface area contributed by atoms with E-state index in [1.54, 1.807) is 0 Å². The molecule has 0 aliphatic carbocycles. The Morgan fingerprint density at radius 2 is 1.61 bits per heavy atom. The monoisotopic (exact) mass is 431 g/mol. The fourth-order valence-electron chi connectivity index (χ4n) is 4.92. The van der Waals surface area contributed by atoms with Crippen LogP contribution in [0.2, 0.25) is 0 Å². The van der Waals surface area contributed by atoms with Crippen molar-refractivity contribution in [3.8, 4) is 11.3 Å². The number of furan rings is 1. The molecule has 0 atom stereocenters. The fraction of sp³-hybridized carbons (Fsp3) is 0.207. The Hall–Kier alpha value is -3.79. The Morgan fingerprint density at radius 3 is 2.45 bits per heavy atom. The minimum atomic E-state index is 0.563. The molecule has 6 aromatic rings. The van der Waals surface area contributed by atoms with E-state index in [0.717, 1.165) is 56.5 Å². The number of aromatic nitrogens is 3. The first-order chi connectivity index (χ1) is 16.0. The molecule has 0 spiro atoms. The Kier molecular flexibility index (Phi) is 4.44. The highest BCUT2D eigenvalue weighted by Crippen LogP contribution is 2.38. The molecule has 0 amide bonds. The molecule has 3 heterocycles. The molecular weight excluding hydrogens is 406 g/mol. The van der Waals surface area contributed by atoms with Crippen molar-refractivity contribution in [2.75, 3.05) is 0 Å². The van der Waals surface area contributed by atoms with Gasteiger partial charge in [-0.1, -0.05) is 50.2 Å². The highest BCUT2D eigenvalue weighted by atomic mass is 16.3. The van der Waals surface area contributed by atoms with Crippen molar-refractivity contribution in [1.82, 2.24) is 15.0 Å². The lowest BCUT2D eigenvalue weighted by atomic mass is 9.94. The molecule has 0 saturated carbocycles. The summed E-state index contributed by atoms with van der Waals surface area (Å²) in [5.74, 6) is 1.32. The van der Waals surface area contributed by atoms with Gasteiger partial charge in [-0.25, -0.2) is 15.0 Å². The van der Waals surface area contributed by atoms with Crippen molar-refractivity contribution in [2.45, 2.75) is 34.1 Å². The summed E-state index contributed by atoms with van der Waals surface area (Å²) >= 11 is 0. The topological polar surface area (TPSA) is 51.8 Å². The molecule has 0 bridgehead atoms. The number of hydrogen-bond acceptors (Lipinski definition) is 4. The first-order valence-corrected chi connectivity index (χ1v) is 11.5. The maximum atomic E-state index is 6.30. The average molecular weight is 432 g/mol. The average Bonchev–Trinajstić information content (AvgIpc) is 3.15. The lowest BCUT2D eigenvalue weighted by molar-refractivity contribution is 0.650. The number of aryl methyl sites for hydroxylation is 2. The summed E-state index contributed by atoms with van der Waals surface area (Å²) in [6.45, 7) is 8.46. The first-order valence-electron chi connectivity index (χ1n) is 11.5. The van der Waals surface area contributed by atoms with E-state index in [-0.39, 0.29) is 0 Å². The third kappa shape index (κ3) is 3.17. The van der Waals surface area contributed by atoms with Gasteiger partial charge in [0.15, 0.2) is 0 Å². The summed E-state index contributed by atoms with van der Waals surface area (Å²) < 4.78 is 6.30. The van der Waals surface area contributed by atoms with Gasteiger partial charge < -0.3 is 4.42 Å². The van der Waals surface area contributed by atoms with Crippen LogP contribution in [0.15, 0.2) is 65.1 Å². The van der Waals surface area contributed by atoms with Crippen LogP contribution >= 0.6 is 0 Å². The summed E-state index contributed by atoms with van der Waals surface area (Å²) in [4.78, 5) is 14.5. The number of nitrogens with zero attached hydrogens (tertiary/aromatic N) is 3. The molecular formula is C29H25N3O. The maximum absolute atomic E-state index is 6.30. The van der Waals surface area contributed by atoms with E-state index in [0.29, 0.717) is 11.6 Å². The van der Waals surface area contributed by atoms with Crippen LogP contribution in [0.5, 0.6) is 0 Å². The third-order valence-electron chi connectivity index (χ3n) is 6.29. The Labute approximate surface area is 192 Å². The van der Waals surface area contributed by atoms with Gasteiger partial charge in [-0.15, -0.1) is 0 Å². The number of rotatable bonds is 3. The summed E-state index contributed by atoms with van der Waals surface area (Å²) in [5.41, 5.74) is 6.64. The van der Waals surface area contributed by atoms with Crippen LogP contribution in [0.4, 0.5) is 0 Å². The summed E-state index contributed by atoms with van der Waals surface area (Å²) in [7, 11) is 0. The molecule has 33 heavy (non-hydrogen) atoms. The van der Waals surface area contributed by atoms with Gasteiger partial charge in [0.05, 0.1) is 11.2 Å². The molecule has 0 radical (unpaired) electrons. The van der Waals surface area contributed by atoms with Crippen molar-refractivity contribution in [3.05, 3.63) is 77.7 Å². The number of fused-ring (bicyclic) bond motifs is 6. The highest BCUT2D eigenvalue weighted by Gasteiger charge is 2.18. The predicted molar refractivity (Wildman–Crippen MR) is 136 cm³/mol. The quantitative estimate of drug-likeness (QED) is 0.271. The number of para-hydroxylation sites is 1. The van der Waals surface area contributed by atoms with Crippen LogP contribution in [0.1, 0.15) is 30.9 Å². The minimum absolute atomic E-state index is 0.563. The summed E-state index contributed by atoms with van der Waals surface area (Å²) in [6.07, 6.45) is 1.01. The van der Waals surface area contributed by atoms with Crippen molar-refractivity contribution < 1.29 is 4.42 Å². The standard InChI is InChI=1S/C29H25N3O/c1-16(2)15-20-8-5-7-19-12-14-23-26(31-18(4)32-27(23)25(19)20)24-10-6-9-21-22-13-11-17(3)30-29(22)33-28(21)24/h5-14,16H,15H2,1-4H3. The van der Waals surface area contributed by atoms with Gasteiger partial charge in [-0.3, -0.25) is 0 Å². The third-order valence-corrected chi connectivity index (χ3v) is 6.29. The molecule has 6 rings (SSSR count). The summed E-state index contributed by atoms with van der Waals surface area (Å²) in [5, 5.41) is 5.56. The van der Waals surface area contributed by atoms with Gasteiger partial charge in [-0.2, -0.15) is 0 Å². The number of hydrogen-bond donors (Lipinski definition) is 0. The highest BCUT2D eigenvalue weighted by molar-refractivity contribution is 6.14. The van der Waals surface area contributed by atoms with E-state index in [2.05, 4.69) is 73.4 Å². The van der Waals surface area contributed by atoms with Gasteiger partial charge in [0.25, 0.3) is 0 Å². The Morgan fingerprint density at radius 1 is 0.788 bits per heavy atom. The Balaban J connectivity index is 1.71. The van der Waals surface area contributed by atoms with Gasteiger partial charge in [0.1, 0.15) is 11.4 Å². The molecule has 3 aromatic heterocycles. The van der Waals surface area contributed by atoms with Gasteiger partial charge in [0, 0.05) is 32.8 Å². The van der Waals surface area contributed by atoms with Crippen LogP contribution in [-0.4, -0.2) is 15.0 Å². The molecule has 3 aromatic carbocycles. The van der Waals surface area contributed by atoms with Crippen LogP contribution < -0.4 is 0 Å². The van der Waals surface area contributed by atoms with E-state index < -0.39 is 0 Å². The molecule has 162 valence electrons. The fourth-order valence-corrected chi connectivity index (χ4v) is 4.92. The normalized spacial score (nSPS) is 12.0. The smallest absolute Gasteiger partial charge is 0.227 e. The number of benzene rings is 3. The van der Waals surface area contributed by atoms with Gasteiger partial charge in [0.2, 0.25) is 5.71 Å². The lowest BCUT2D eigenvalue weighted by Gasteiger charge is -2.14. The minimum Gasteiger partial charge on any atom is -0.437 e. The lowest BCUT2D eigenvalue weighted by Crippen LogP contribution is -1.99. The van der Waals surface area contributed by atoms with Crippen molar-refractivity contribution >= 4 is 43.7 Å². The maximum Gasteiger partial charge on any atom is 0.227 e.